The van der Waals surface area contributed by atoms with Crippen molar-refractivity contribution in [2.24, 2.45) is 0 Å². The molecule has 102 valence electrons. The molecule has 4 rings (SSSR count). The molecule has 0 spiro atoms. The van der Waals surface area contributed by atoms with Gasteiger partial charge in [0.15, 0.2) is 0 Å². The third kappa shape index (κ3) is 1.61. The quantitative estimate of drug-likeness (QED) is 0.735. The zero-order chi connectivity index (χ0) is 13.7. The first-order chi connectivity index (χ1) is 9.75. The minimum absolute atomic E-state index is 0.344. The fraction of sp³-hybridized carbons (Fsp3) is 0.312. The van der Waals surface area contributed by atoms with Crippen LogP contribution in [-0.2, 0) is 6.42 Å². The van der Waals surface area contributed by atoms with Crippen LogP contribution < -0.4 is 5.73 Å². The number of nitrogens with two attached hydrogens (primary N) is 1. The minimum Gasteiger partial charge on any atom is -0.369 e. The van der Waals surface area contributed by atoms with Crippen LogP contribution in [-0.4, -0.2) is 9.55 Å². The Kier molecular flexibility index (Phi) is 2.60. The van der Waals surface area contributed by atoms with Crippen LogP contribution >= 0.6 is 11.3 Å². The third-order valence-electron chi connectivity index (χ3n) is 4.27. The molecule has 0 saturated carbocycles. The number of imidazole rings is 1. The molecule has 1 aliphatic carbocycles. The Hall–Kier alpha value is -1.81. The molecule has 4 heteroatoms. The smallest absolute Gasteiger partial charge is 0.201 e. The number of aromatic nitrogens is 2. The van der Waals surface area contributed by atoms with Crippen LogP contribution in [0.1, 0.15) is 34.9 Å². The first-order valence-electron chi connectivity index (χ1n) is 7.05. The number of hydrogen-bond acceptors (Lipinski definition) is 3. The molecular weight excluding hydrogens is 266 g/mol. The van der Waals surface area contributed by atoms with Crippen LogP contribution in [0.25, 0.3) is 11.0 Å². The number of fused-ring (bicyclic) bond motifs is 2. The maximum atomic E-state index is 6.23. The number of thiophene rings is 1. The van der Waals surface area contributed by atoms with Gasteiger partial charge in [-0.3, -0.25) is 0 Å². The van der Waals surface area contributed by atoms with Gasteiger partial charge in [0.25, 0.3) is 0 Å². The molecule has 2 aromatic heterocycles. The highest BCUT2D eigenvalue weighted by Gasteiger charge is 2.26. The lowest BCUT2D eigenvalue weighted by atomic mass is 9.93. The molecule has 3 nitrogen and oxygen atoms in total. The van der Waals surface area contributed by atoms with Crippen LogP contribution in [0.2, 0.25) is 0 Å². The van der Waals surface area contributed by atoms with Crippen LogP contribution in [0.5, 0.6) is 0 Å². The lowest BCUT2D eigenvalue weighted by molar-refractivity contribution is 0.509. The molecule has 1 aromatic carbocycles. The topological polar surface area (TPSA) is 43.8 Å². The Morgan fingerprint density at radius 1 is 1.35 bits per heavy atom. The monoisotopic (exact) mass is 283 g/mol. The number of rotatable bonds is 1. The van der Waals surface area contributed by atoms with Crippen molar-refractivity contribution in [1.29, 1.82) is 0 Å². The SMILES string of the molecule is Cc1cccc2nc(N)n(C3CCCc4sccc43)c12. The van der Waals surface area contributed by atoms with Gasteiger partial charge >= 0.3 is 0 Å². The van der Waals surface area contributed by atoms with Crippen molar-refractivity contribution in [3.05, 3.63) is 45.6 Å². The van der Waals surface area contributed by atoms with E-state index in [-0.39, 0.29) is 0 Å². The summed E-state index contributed by atoms with van der Waals surface area (Å²) in [6.07, 6.45) is 3.58. The van der Waals surface area contributed by atoms with E-state index in [1.54, 1.807) is 0 Å². The summed E-state index contributed by atoms with van der Waals surface area (Å²) in [5.74, 6) is 0.637. The minimum atomic E-state index is 0.344. The number of nitrogen functional groups attached to an aromatic ring is 1. The van der Waals surface area contributed by atoms with E-state index in [1.165, 1.54) is 34.4 Å². The second-order valence-electron chi connectivity index (χ2n) is 5.49. The molecule has 1 atom stereocenters. The average molecular weight is 283 g/mol. The van der Waals surface area contributed by atoms with Gasteiger partial charge in [0.05, 0.1) is 17.1 Å². The van der Waals surface area contributed by atoms with Gasteiger partial charge < -0.3 is 10.3 Å². The zero-order valence-corrected chi connectivity index (χ0v) is 12.3. The number of aryl methyl sites for hydroxylation is 2. The fourth-order valence-electron chi connectivity index (χ4n) is 3.38. The van der Waals surface area contributed by atoms with E-state index in [0.29, 0.717) is 12.0 Å². The Morgan fingerprint density at radius 3 is 3.15 bits per heavy atom. The van der Waals surface area contributed by atoms with Gasteiger partial charge in [-0.25, -0.2) is 4.98 Å². The van der Waals surface area contributed by atoms with Gasteiger partial charge in [-0.2, -0.15) is 0 Å². The van der Waals surface area contributed by atoms with E-state index in [2.05, 4.69) is 34.0 Å². The summed E-state index contributed by atoms with van der Waals surface area (Å²) in [6, 6.07) is 8.83. The molecule has 0 radical (unpaired) electrons. The molecular formula is C16H17N3S. The van der Waals surface area contributed by atoms with Crippen molar-refractivity contribution in [1.82, 2.24) is 9.55 Å². The summed E-state index contributed by atoms with van der Waals surface area (Å²) in [5.41, 5.74) is 11.1. The summed E-state index contributed by atoms with van der Waals surface area (Å²) in [5, 5.41) is 2.20. The van der Waals surface area contributed by atoms with E-state index in [0.717, 1.165) is 11.9 Å². The Bertz CT molecular complexity index is 784. The first-order valence-corrected chi connectivity index (χ1v) is 7.93. The highest BCUT2D eigenvalue weighted by Crippen LogP contribution is 2.39. The van der Waals surface area contributed by atoms with Crippen molar-refractivity contribution < 1.29 is 0 Å². The molecule has 20 heavy (non-hydrogen) atoms. The maximum Gasteiger partial charge on any atom is 0.201 e. The van der Waals surface area contributed by atoms with Gasteiger partial charge in [-0.05, 0) is 54.8 Å². The number of para-hydroxylation sites is 1. The molecule has 3 aromatic rings. The molecule has 2 heterocycles. The molecule has 0 aliphatic heterocycles. The predicted octanol–water partition coefficient (Wildman–Crippen LogP) is 3.91. The van der Waals surface area contributed by atoms with Crippen LogP contribution in [0.4, 0.5) is 5.95 Å². The largest absolute Gasteiger partial charge is 0.369 e. The number of nitrogens with zero attached hydrogens (tertiary/aromatic N) is 2. The highest BCUT2D eigenvalue weighted by atomic mass is 32.1. The van der Waals surface area contributed by atoms with E-state index >= 15 is 0 Å². The Labute approximate surface area is 122 Å². The van der Waals surface area contributed by atoms with E-state index in [9.17, 15) is 0 Å². The second-order valence-corrected chi connectivity index (χ2v) is 6.49. The standard InChI is InChI=1S/C16H17N3S/c1-10-4-2-5-12-15(10)19(16(17)18-12)13-6-3-7-14-11(13)8-9-20-14/h2,4-5,8-9,13H,3,6-7H2,1H3,(H2,17,18). The van der Waals surface area contributed by atoms with Gasteiger partial charge in [0, 0.05) is 4.88 Å². The lowest BCUT2D eigenvalue weighted by Gasteiger charge is -2.25. The van der Waals surface area contributed by atoms with E-state index in [1.807, 2.05) is 23.5 Å². The van der Waals surface area contributed by atoms with Gasteiger partial charge in [0.1, 0.15) is 0 Å². The normalized spacial score (nSPS) is 18.4. The molecule has 0 fully saturated rings. The first kappa shape index (κ1) is 12.0. The molecule has 0 amide bonds. The van der Waals surface area contributed by atoms with Crippen LogP contribution in [0.3, 0.4) is 0 Å². The summed E-state index contributed by atoms with van der Waals surface area (Å²) in [4.78, 5) is 6.06. The van der Waals surface area contributed by atoms with Gasteiger partial charge in [-0.15, -0.1) is 11.3 Å². The fourth-order valence-corrected chi connectivity index (χ4v) is 4.37. The van der Waals surface area contributed by atoms with Crippen LogP contribution in [0.15, 0.2) is 29.6 Å². The number of benzene rings is 1. The molecule has 1 unspecified atom stereocenters. The molecule has 1 aliphatic rings. The highest BCUT2D eigenvalue weighted by molar-refractivity contribution is 7.10. The Balaban J connectivity index is 1.98. The summed E-state index contributed by atoms with van der Waals surface area (Å²) >= 11 is 1.87. The molecule has 0 saturated heterocycles. The van der Waals surface area contributed by atoms with E-state index in [4.69, 9.17) is 5.73 Å². The van der Waals surface area contributed by atoms with Gasteiger partial charge in [0.2, 0.25) is 5.95 Å². The summed E-state index contributed by atoms with van der Waals surface area (Å²) in [7, 11) is 0. The second kappa shape index (κ2) is 4.35. The predicted molar refractivity (Wildman–Crippen MR) is 84.3 cm³/mol. The van der Waals surface area contributed by atoms with Crippen molar-refractivity contribution in [2.45, 2.75) is 32.2 Å². The van der Waals surface area contributed by atoms with Crippen molar-refractivity contribution in [2.75, 3.05) is 5.73 Å². The number of anilines is 1. The summed E-state index contributed by atoms with van der Waals surface area (Å²) < 4.78 is 2.25. The van der Waals surface area contributed by atoms with Crippen LogP contribution in [0, 0.1) is 6.92 Å². The average Bonchev–Trinajstić information content (AvgIpc) is 3.02. The van der Waals surface area contributed by atoms with Crippen molar-refractivity contribution in [3.63, 3.8) is 0 Å². The Morgan fingerprint density at radius 2 is 2.25 bits per heavy atom. The van der Waals surface area contributed by atoms with Crippen molar-refractivity contribution >= 4 is 28.3 Å². The third-order valence-corrected chi connectivity index (χ3v) is 5.27. The zero-order valence-electron chi connectivity index (χ0n) is 11.5. The number of hydrogen-bond donors (Lipinski definition) is 1. The lowest BCUT2D eigenvalue weighted by Crippen LogP contribution is -2.17. The molecule has 2 N–H and O–H groups in total. The molecule has 0 bridgehead atoms. The van der Waals surface area contributed by atoms with Gasteiger partial charge in [-0.1, -0.05) is 12.1 Å². The maximum absolute atomic E-state index is 6.23. The summed E-state index contributed by atoms with van der Waals surface area (Å²) in [6.45, 7) is 2.14. The van der Waals surface area contributed by atoms with E-state index < -0.39 is 0 Å². The van der Waals surface area contributed by atoms with Crippen molar-refractivity contribution in [3.8, 4) is 0 Å².